The van der Waals surface area contributed by atoms with E-state index in [1.807, 2.05) is 41.9 Å². The number of aryl methyl sites for hydroxylation is 1. The average Bonchev–Trinajstić information content (AvgIpc) is 2.69. The van der Waals surface area contributed by atoms with Crippen LogP contribution in [0.4, 0.5) is 0 Å². The molecular formula is C12H11N3O. The molecule has 0 N–H and O–H groups in total. The minimum absolute atomic E-state index is 0.815. The topological polar surface area (TPSA) is 39.4 Å². The summed E-state index contributed by atoms with van der Waals surface area (Å²) in [5, 5.41) is 4.44. The molecule has 0 bridgehead atoms. The van der Waals surface area contributed by atoms with Crippen molar-refractivity contribution in [2.24, 2.45) is 0 Å². The maximum Gasteiger partial charge on any atom is 0.121 e. The third-order valence-electron chi connectivity index (χ3n) is 2.61. The van der Waals surface area contributed by atoms with Gasteiger partial charge in [0.15, 0.2) is 0 Å². The second kappa shape index (κ2) is 3.20. The predicted molar refractivity (Wildman–Crippen MR) is 61.8 cm³/mol. The Morgan fingerprint density at radius 2 is 2.12 bits per heavy atom. The lowest BCUT2D eigenvalue weighted by Crippen LogP contribution is -1.93. The quantitative estimate of drug-likeness (QED) is 0.622. The van der Waals surface area contributed by atoms with Gasteiger partial charge in [-0.1, -0.05) is 0 Å². The summed E-state index contributed by atoms with van der Waals surface area (Å²) in [5.74, 6) is 0.815. The molecule has 0 unspecified atom stereocenters. The number of ether oxygens (including phenoxy) is 1. The molecule has 16 heavy (non-hydrogen) atoms. The molecule has 0 aliphatic rings. The van der Waals surface area contributed by atoms with Gasteiger partial charge in [-0.3, -0.25) is 4.98 Å². The van der Waals surface area contributed by atoms with E-state index in [0.717, 1.165) is 28.0 Å². The largest absolute Gasteiger partial charge is 0.497 e. The first-order valence-corrected chi connectivity index (χ1v) is 5.07. The van der Waals surface area contributed by atoms with Crippen LogP contribution in [0.3, 0.4) is 0 Å². The molecule has 0 atom stereocenters. The van der Waals surface area contributed by atoms with E-state index < -0.39 is 0 Å². The number of benzene rings is 1. The first-order valence-electron chi connectivity index (χ1n) is 5.07. The highest BCUT2D eigenvalue weighted by Crippen LogP contribution is 2.20. The highest BCUT2D eigenvalue weighted by atomic mass is 16.5. The third-order valence-corrected chi connectivity index (χ3v) is 2.61. The van der Waals surface area contributed by atoms with Crippen LogP contribution in [0.5, 0.6) is 5.75 Å². The summed E-state index contributed by atoms with van der Waals surface area (Å²) in [5.41, 5.74) is 3.86. The van der Waals surface area contributed by atoms with Crippen LogP contribution in [-0.4, -0.2) is 21.7 Å². The Kier molecular flexibility index (Phi) is 1.83. The number of aromatic nitrogens is 3. The van der Waals surface area contributed by atoms with E-state index >= 15 is 0 Å². The van der Waals surface area contributed by atoms with Gasteiger partial charge in [-0.25, -0.2) is 4.52 Å². The highest BCUT2D eigenvalue weighted by molar-refractivity contribution is 5.79. The van der Waals surface area contributed by atoms with Gasteiger partial charge < -0.3 is 4.74 Å². The van der Waals surface area contributed by atoms with Gasteiger partial charge in [0, 0.05) is 6.07 Å². The summed E-state index contributed by atoms with van der Waals surface area (Å²) in [7, 11) is 1.66. The Morgan fingerprint density at radius 3 is 2.94 bits per heavy atom. The smallest absolute Gasteiger partial charge is 0.121 e. The molecule has 2 heterocycles. The molecule has 1 aromatic carbocycles. The monoisotopic (exact) mass is 213 g/mol. The number of fused-ring (bicyclic) bond motifs is 3. The van der Waals surface area contributed by atoms with Crippen LogP contribution in [0.2, 0.25) is 0 Å². The van der Waals surface area contributed by atoms with E-state index in [0.29, 0.717) is 0 Å². The van der Waals surface area contributed by atoms with Crippen LogP contribution in [0.25, 0.3) is 16.6 Å². The molecule has 0 aliphatic carbocycles. The zero-order valence-corrected chi connectivity index (χ0v) is 9.14. The van der Waals surface area contributed by atoms with Gasteiger partial charge in [0.25, 0.3) is 0 Å². The van der Waals surface area contributed by atoms with E-state index in [-0.39, 0.29) is 0 Å². The maximum atomic E-state index is 5.21. The molecule has 3 aromatic rings. The second-order valence-electron chi connectivity index (χ2n) is 3.74. The Morgan fingerprint density at radius 1 is 1.25 bits per heavy atom. The normalized spacial score (nSPS) is 11.1. The Labute approximate surface area is 92.5 Å². The molecule has 0 radical (unpaired) electrons. The van der Waals surface area contributed by atoms with Crippen molar-refractivity contribution in [3.63, 3.8) is 0 Å². The van der Waals surface area contributed by atoms with Crippen molar-refractivity contribution in [1.82, 2.24) is 14.6 Å². The van der Waals surface area contributed by atoms with E-state index in [4.69, 9.17) is 4.74 Å². The van der Waals surface area contributed by atoms with Crippen LogP contribution in [0.15, 0.2) is 30.5 Å². The lowest BCUT2D eigenvalue weighted by atomic mass is 10.3. The summed E-state index contributed by atoms with van der Waals surface area (Å²) < 4.78 is 7.10. The SMILES string of the molecule is COc1ccc2ncc3cc(C)nn3c2c1. The predicted octanol–water partition coefficient (Wildman–Crippen LogP) is 2.20. The second-order valence-corrected chi connectivity index (χ2v) is 3.74. The van der Waals surface area contributed by atoms with Crippen LogP contribution in [-0.2, 0) is 0 Å². The molecular weight excluding hydrogens is 202 g/mol. The standard InChI is InChI=1S/C12H11N3O/c1-8-5-9-7-13-11-4-3-10(16-2)6-12(11)15(9)14-8/h3-7H,1-2H3. The fraction of sp³-hybridized carbons (Fsp3) is 0.167. The van der Waals surface area contributed by atoms with E-state index in [1.165, 1.54) is 0 Å². The number of hydrogen-bond acceptors (Lipinski definition) is 3. The molecule has 4 heteroatoms. The maximum absolute atomic E-state index is 5.21. The highest BCUT2D eigenvalue weighted by Gasteiger charge is 2.04. The lowest BCUT2D eigenvalue weighted by molar-refractivity contribution is 0.415. The van der Waals surface area contributed by atoms with Crippen LogP contribution in [0, 0.1) is 6.92 Å². The van der Waals surface area contributed by atoms with Crippen LogP contribution >= 0.6 is 0 Å². The molecule has 3 rings (SSSR count). The van der Waals surface area contributed by atoms with Gasteiger partial charge in [0.05, 0.1) is 35.6 Å². The van der Waals surface area contributed by atoms with Crippen molar-refractivity contribution in [2.45, 2.75) is 6.92 Å². The summed E-state index contributed by atoms with van der Waals surface area (Å²) in [4.78, 5) is 4.38. The van der Waals surface area contributed by atoms with Crippen molar-refractivity contribution in [3.05, 3.63) is 36.2 Å². The summed E-state index contributed by atoms with van der Waals surface area (Å²) in [6.07, 6.45) is 1.83. The van der Waals surface area contributed by atoms with Gasteiger partial charge in [-0.05, 0) is 25.1 Å². The molecule has 0 fully saturated rings. The molecule has 0 aliphatic heterocycles. The van der Waals surface area contributed by atoms with E-state index in [1.54, 1.807) is 7.11 Å². The molecule has 0 saturated heterocycles. The third kappa shape index (κ3) is 1.23. The van der Waals surface area contributed by atoms with Crippen molar-refractivity contribution in [3.8, 4) is 5.75 Å². The number of methoxy groups -OCH3 is 1. The molecule has 0 amide bonds. The molecule has 0 saturated carbocycles. The summed E-state index contributed by atoms with van der Waals surface area (Å²) >= 11 is 0. The zero-order valence-electron chi connectivity index (χ0n) is 9.14. The molecule has 2 aromatic heterocycles. The Bertz CT molecular complexity index is 672. The minimum Gasteiger partial charge on any atom is -0.497 e. The van der Waals surface area contributed by atoms with Crippen molar-refractivity contribution < 1.29 is 4.74 Å². The Balaban J connectivity index is 2.46. The Hall–Kier alpha value is -2.10. The fourth-order valence-corrected chi connectivity index (χ4v) is 1.85. The number of rotatable bonds is 1. The molecule has 80 valence electrons. The molecule has 4 nitrogen and oxygen atoms in total. The average molecular weight is 213 g/mol. The summed E-state index contributed by atoms with van der Waals surface area (Å²) in [6.45, 7) is 1.97. The lowest BCUT2D eigenvalue weighted by Gasteiger charge is -2.03. The zero-order chi connectivity index (χ0) is 11.1. The van der Waals surface area contributed by atoms with Gasteiger partial charge in [-0.15, -0.1) is 0 Å². The minimum atomic E-state index is 0.815. The van der Waals surface area contributed by atoms with E-state index in [9.17, 15) is 0 Å². The van der Waals surface area contributed by atoms with Gasteiger partial charge in [-0.2, -0.15) is 5.10 Å². The van der Waals surface area contributed by atoms with Crippen molar-refractivity contribution in [1.29, 1.82) is 0 Å². The van der Waals surface area contributed by atoms with Crippen molar-refractivity contribution in [2.75, 3.05) is 7.11 Å². The summed E-state index contributed by atoms with van der Waals surface area (Å²) in [6, 6.07) is 7.79. The van der Waals surface area contributed by atoms with Gasteiger partial charge in [0.2, 0.25) is 0 Å². The van der Waals surface area contributed by atoms with Gasteiger partial charge in [0.1, 0.15) is 5.75 Å². The van der Waals surface area contributed by atoms with E-state index in [2.05, 4.69) is 10.1 Å². The van der Waals surface area contributed by atoms with Crippen molar-refractivity contribution >= 4 is 16.6 Å². The van der Waals surface area contributed by atoms with Crippen LogP contribution < -0.4 is 4.74 Å². The first-order chi connectivity index (χ1) is 7.78. The number of hydrogen-bond donors (Lipinski definition) is 0. The number of nitrogens with zero attached hydrogens (tertiary/aromatic N) is 3. The van der Waals surface area contributed by atoms with Gasteiger partial charge >= 0.3 is 0 Å². The van der Waals surface area contributed by atoms with Crippen LogP contribution in [0.1, 0.15) is 5.69 Å². The molecule has 0 spiro atoms. The first kappa shape index (κ1) is 9.15. The fourth-order valence-electron chi connectivity index (χ4n) is 1.85.